The van der Waals surface area contributed by atoms with Crippen LogP contribution < -0.4 is 5.32 Å². The van der Waals surface area contributed by atoms with Gasteiger partial charge in [0, 0.05) is 43.9 Å². The molecule has 100 valence electrons. The highest BCUT2D eigenvalue weighted by molar-refractivity contribution is 5.66. The van der Waals surface area contributed by atoms with Gasteiger partial charge in [-0.05, 0) is 12.5 Å². The second-order valence-corrected chi connectivity index (χ2v) is 5.29. The molecular formula is C14H18N4O. The predicted octanol–water partition coefficient (Wildman–Crippen LogP) is 1.17. The minimum Gasteiger partial charge on any atom is -0.469 e. The quantitative estimate of drug-likeness (QED) is 0.849. The molecule has 4 rings (SSSR count). The standard InChI is InChI=1S/C14H18N4O/c1-2-12-10(3-8-19-12)14-11(1)16-13(17-14)9-18-6-4-15-5-7-18/h3,8,15H,1-2,4-7,9H2,(H,16,17). The Morgan fingerprint density at radius 2 is 2.16 bits per heavy atom. The van der Waals surface area contributed by atoms with E-state index in [4.69, 9.17) is 9.40 Å². The van der Waals surface area contributed by atoms with Crippen molar-refractivity contribution in [3.63, 3.8) is 0 Å². The first kappa shape index (κ1) is 11.3. The van der Waals surface area contributed by atoms with Gasteiger partial charge in [0.1, 0.15) is 11.6 Å². The molecule has 0 radical (unpaired) electrons. The fraction of sp³-hybridized carbons (Fsp3) is 0.500. The maximum Gasteiger partial charge on any atom is 0.121 e. The predicted molar refractivity (Wildman–Crippen MR) is 71.8 cm³/mol. The molecule has 2 aliphatic rings. The number of aromatic nitrogens is 2. The summed E-state index contributed by atoms with van der Waals surface area (Å²) in [4.78, 5) is 10.7. The smallest absolute Gasteiger partial charge is 0.121 e. The molecule has 2 N–H and O–H groups in total. The number of aryl methyl sites for hydroxylation is 2. The van der Waals surface area contributed by atoms with E-state index in [0.29, 0.717) is 0 Å². The van der Waals surface area contributed by atoms with Crippen molar-refractivity contribution in [3.05, 3.63) is 29.6 Å². The van der Waals surface area contributed by atoms with E-state index < -0.39 is 0 Å². The summed E-state index contributed by atoms with van der Waals surface area (Å²) in [6.07, 6.45) is 3.75. The van der Waals surface area contributed by atoms with Crippen molar-refractivity contribution < 1.29 is 4.42 Å². The van der Waals surface area contributed by atoms with E-state index in [2.05, 4.69) is 15.2 Å². The van der Waals surface area contributed by atoms with Crippen molar-refractivity contribution >= 4 is 0 Å². The van der Waals surface area contributed by atoms with Crippen molar-refractivity contribution in [2.45, 2.75) is 19.4 Å². The average Bonchev–Trinajstić information content (AvgIpc) is 3.04. The monoisotopic (exact) mass is 258 g/mol. The molecule has 0 spiro atoms. The molecule has 5 heteroatoms. The first-order valence-electron chi connectivity index (χ1n) is 6.98. The van der Waals surface area contributed by atoms with Crippen LogP contribution in [0.2, 0.25) is 0 Å². The second kappa shape index (κ2) is 4.51. The second-order valence-electron chi connectivity index (χ2n) is 5.29. The zero-order valence-electron chi connectivity index (χ0n) is 10.9. The fourth-order valence-electron chi connectivity index (χ4n) is 3.01. The summed E-state index contributed by atoms with van der Waals surface area (Å²) in [5, 5.41) is 3.37. The van der Waals surface area contributed by atoms with Gasteiger partial charge in [-0.3, -0.25) is 4.90 Å². The Morgan fingerprint density at radius 3 is 3.05 bits per heavy atom. The number of hydrogen-bond acceptors (Lipinski definition) is 4. The molecule has 1 aliphatic heterocycles. The van der Waals surface area contributed by atoms with Crippen LogP contribution in [0.5, 0.6) is 0 Å². The van der Waals surface area contributed by atoms with E-state index in [1.165, 1.54) is 11.3 Å². The van der Waals surface area contributed by atoms with E-state index in [-0.39, 0.29) is 0 Å². The van der Waals surface area contributed by atoms with Gasteiger partial charge in [0.15, 0.2) is 0 Å². The van der Waals surface area contributed by atoms with E-state index in [1.807, 2.05) is 6.07 Å². The van der Waals surface area contributed by atoms with E-state index >= 15 is 0 Å². The number of H-pyrrole nitrogens is 1. The molecule has 1 saturated heterocycles. The highest BCUT2D eigenvalue weighted by Gasteiger charge is 2.23. The molecule has 0 atom stereocenters. The summed E-state index contributed by atoms with van der Waals surface area (Å²) < 4.78 is 5.50. The number of imidazole rings is 1. The normalized spacial score (nSPS) is 19.2. The highest BCUT2D eigenvalue weighted by Crippen LogP contribution is 2.32. The van der Waals surface area contributed by atoms with Crippen LogP contribution >= 0.6 is 0 Å². The Hall–Kier alpha value is -1.59. The molecule has 2 aromatic rings. The molecule has 0 unspecified atom stereocenters. The van der Waals surface area contributed by atoms with Crippen molar-refractivity contribution in [2.24, 2.45) is 0 Å². The Balaban J connectivity index is 1.59. The van der Waals surface area contributed by atoms with Gasteiger partial charge in [0.2, 0.25) is 0 Å². The summed E-state index contributed by atoms with van der Waals surface area (Å²) in [5.41, 5.74) is 3.53. The largest absolute Gasteiger partial charge is 0.469 e. The first-order chi connectivity index (χ1) is 9.40. The molecule has 0 aromatic carbocycles. The Bertz CT molecular complexity index is 580. The SMILES string of the molecule is c1cc2c(o1)CCc1[nH]c(CN3CCNCC3)nc1-2. The number of nitrogens with one attached hydrogen (secondary N) is 2. The molecular weight excluding hydrogens is 240 g/mol. The molecule has 1 aliphatic carbocycles. The minimum absolute atomic E-state index is 0.919. The third kappa shape index (κ3) is 1.99. The van der Waals surface area contributed by atoms with E-state index in [9.17, 15) is 0 Å². The summed E-state index contributed by atoms with van der Waals surface area (Å²) in [6, 6.07) is 2.03. The van der Waals surface area contributed by atoms with Gasteiger partial charge in [-0.2, -0.15) is 0 Å². The lowest BCUT2D eigenvalue weighted by atomic mass is 10.00. The van der Waals surface area contributed by atoms with Gasteiger partial charge in [0.25, 0.3) is 0 Å². The van der Waals surface area contributed by atoms with Crippen LogP contribution in [0.25, 0.3) is 11.3 Å². The van der Waals surface area contributed by atoms with Gasteiger partial charge >= 0.3 is 0 Å². The number of nitrogens with zero attached hydrogens (tertiary/aromatic N) is 2. The third-order valence-corrected chi connectivity index (χ3v) is 4.01. The van der Waals surface area contributed by atoms with Crippen molar-refractivity contribution in [2.75, 3.05) is 26.2 Å². The Kier molecular flexibility index (Phi) is 2.67. The number of rotatable bonds is 2. The van der Waals surface area contributed by atoms with Gasteiger partial charge in [0.05, 0.1) is 18.5 Å². The number of aromatic amines is 1. The Labute approximate surface area is 112 Å². The third-order valence-electron chi connectivity index (χ3n) is 4.01. The molecule has 3 heterocycles. The lowest BCUT2D eigenvalue weighted by Crippen LogP contribution is -2.43. The molecule has 5 nitrogen and oxygen atoms in total. The van der Waals surface area contributed by atoms with E-state index in [1.54, 1.807) is 6.26 Å². The number of piperazine rings is 1. The maximum absolute atomic E-state index is 5.50. The molecule has 0 amide bonds. The van der Waals surface area contributed by atoms with Crippen LogP contribution in [-0.4, -0.2) is 41.0 Å². The lowest BCUT2D eigenvalue weighted by Gasteiger charge is -2.26. The lowest BCUT2D eigenvalue weighted by molar-refractivity contribution is 0.228. The summed E-state index contributed by atoms with van der Waals surface area (Å²) in [6.45, 7) is 5.27. The highest BCUT2D eigenvalue weighted by atomic mass is 16.3. The Morgan fingerprint density at radius 1 is 1.26 bits per heavy atom. The zero-order chi connectivity index (χ0) is 12.7. The van der Waals surface area contributed by atoms with Gasteiger partial charge < -0.3 is 14.7 Å². The van der Waals surface area contributed by atoms with Crippen molar-refractivity contribution in [3.8, 4) is 11.3 Å². The molecule has 2 aromatic heterocycles. The van der Waals surface area contributed by atoms with Crippen LogP contribution in [0.1, 0.15) is 17.3 Å². The summed E-state index contributed by atoms with van der Waals surface area (Å²) in [5.74, 6) is 2.16. The average molecular weight is 258 g/mol. The molecule has 1 fully saturated rings. The van der Waals surface area contributed by atoms with Crippen LogP contribution in [-0.2, 0) is 19.4 Å². The fourth-order valence-corrected chi connectivity index (χ4v) is 3.01. The summed E-state index contributed by atoms with van der Waals surface area (Å²) >= 11 is 0. The van der Waals surface area contributed by atoms with Gasteiger partial charge in [-0.15, -0.1) is 0 Å². The van der Waals surface area contributed by atoms with Gasteiger partial charge in [-0.25, -0.2) is 4.98 Å². The number of hydrogen-bond donors (Lipinski definition) is 2. The van der Waals surface area contributed by atoms with Crippen LogP contribution in [0, 0.1) is 0 Å². The van der Waals surface area contributed by atoms with Crippen LogP contribution in [0.3, 0.4) is 0 Å². The molecule has 0 bridgehead atoms. The van der Waals surface area contributed by atoms with Crippen molar-refractivity contribution in [1.82, 2.24) is 20.2 Å². The maximum atomic E-state index is 5.50. The van der Waals surface area contributed by atoms with Gasteiger partial charge in [-0.1, -0.05) is 0 Å². The molecule has 0 saturated carbocycles. The van der Waals surface area contributed by atoms with Crippen molar-refractivity contribution in [1.29, 1.82) is 0 Å². The van der Waals surface area contributed by atoms with Crippen LogP contribution in [0.15, 0.2) is 16.7 Å². The minimum atomic E-state index is 0.919. The first-order valence-corrected chi connectivity index (χ1v) is 6.98. The van der Waals surface area contributed by atoms with Crippen LogP contribution in [0.4, 0.5) is 0 Å². The zero-order valence-corrected chi connectivity index (χ0v) is 10.9. The molecule has 19 heavy (non-hydrogen) atoms. The topological polar surface area (TPSA) is 57.1 Å². The number of furan rings is 1. The summed E-state index contributed by atoms with van der Waals surface area (Å²) in [7, 11) is 0. The van der Waals surface area contributed by atoms with E-state index in [0.717, 1.165) is 62.8 Å². The number of fused-ring (bicyclic) bond motifs is 3.